The van der Waals surface area contributed by atoms with Crippen molar-refractivity contribution in [2.75, 3.05) is 13.7 Å². The lowest BCUT2D eigenvalue weighted by Crippen LogP contribution is -2.66. The quantitative estimate of drug-likeness (QED) is 0.116. The van der Waals surface area contributed by atoms with E-state index in [-0.39, 0.29) is 40.2 Å². The van der Waals surface area contributed by atoms with Crippen molar-refractivity contribution in [2.24, 2.45) is 51.2 Å². The molecule has 0 aromatic heterocycles. The Labute approximate surface area is 385 Å². The standard InChI is InChI=1S/C49H82O16/c1-22(2)19-25-20-26(42(58-10)62-25)27-13-17-49(9)29-11-12-31-46(5,6)32(15-16-47(31,7)28(29)14-18-48(27,49)8)64-45-41(65-44-40(57)37(54)34(51)24(4)61-44)38(55)35(52)30(63-45)21-59-43-39(56)36(53)33(50)23(3)60-43/h19,23-45,50-57H,11-18,20-21H2,1-10H3/t23-,24-,25+,26-,27-,28-,29+,30+,31-,32-,33-,34-,35+,36+,37+,38-,39+,40+,41+,42+,43+,44-,45-,47+,48-,49+/m0/s1. The van der Waals surface area contributed by atoms with Crippen molar-refractivity contribution in [3.63, 3.8) is 0 Å². The van der Waals surface area contributed by atoms with Gasteiger partial charge in [-0.3, -0.25) is 0 Å². The first-order chi connectivity index (χ1) is 30.5. The van der Waals surface area contributed by atoms with Gasteiger partial charge >= 0.3 is 0 Å². The Hall–Kier alpha value is -0.900. The number of hydrogen-bond acceptors (Lipinski definition) is 16. The lowest BCUT2D eigenvalue weighted by atomic mass is 9.38. The topological polar surface area (TPSA) is 236 Å². The van der Waals surface area contributed by atoms with E-state index in [1.54, 1.807) is 7.11 Å². The zero-order chi connectivity index (χ0) is 47.3. The Morgan fingerprint density at radius 3 is 1.82 bits per heavy atom. The van der Waals surface area contributed by atoms with Crippen molar-refractivity contribution in [3.05, 3.63) is 11.6 Å². The van der Waals surface area contributed by atoms with Crippen LogP contribution in [0.3, 0.4) is 0 Å². The molecule has 4 saturated heterocycles. The van der Waals surface area contributed by atoms with Crippen LogP contribution in [-0.2, 0) is 37.9 Å². The van der Waals surface area contributed by atoms with E-state index >= 15 is 0 Å². The molecule has 0 aromatic carbocycles. The highest BCUT2D eigenvalue weighted by Crippen LogP contribution is 2.75. The summed E-state index contributed by atoms with van der Waals surface area (Å²) in [5.74, 6) is 2.27. The summed E-state index contributed by atoms with van der Waals surface area (Å²) in [7, 11) is 1.79. The van der Waals surface area contributed by atoms with Gasteiger partial charge in [-0.1, -0.05) is 46.3 Å². The predicted octanol–water partition coefficient (Wildman–Crippen LogP) is 2.90. The summed E-state index contributed by atoms with van der Waals surface area (Å²) in [4.78, 5) is 0. The van der Waals surface area contributed by atoms with E-state index in [4.69, 9.17) is 37.9 Å². The monoisotopic (exact) mass is 927 g/mol. The maximum absolute atomic E-state index is 11.8. The lowest BCUT2D eigenvalue weighted by molar-refractivity contribution is -0.380. The van der Waals surface area contributed by atoms with E-state index < -0.39 is 98.7 Å². The zero-order valence-corrected chi connectivity index (χ0v) is 40.3. The Bertz CT molecular complexity index is 1680. The largest absolute Gasteiger partial charge is 0.388 e. The summed E-state index contributed by atoms with van der Waals surface area (Å²) in [5, 5.41) is 86.4. The summed E-state index contributed by atoms with van der Waals surface area (Å²) in [6, 6.07) is 0. The lowest BCUT2D eigenvalue weighted by Gasteiger charge is -2.68. The zero-order valence-electron chi connectivity index (χ0n) is 40.3. The molecule has 4 aliphatic heterocycles. The van der Waals surface area contributed by atoms with E-state index in [2.05, 4.69) is 54.5 Å². The Balaban J connectivity index is 1.01. The van der Waals surface area contributed by atoms with Crippen LogP contribution in [0.2, 0.25) is 0 Å². The summed E-state index contributed by atoms with van der Waals surface area (Å²) < 4.78 is 49.4. The molecule has 8 aliphatic rings. The van der Waals surface area contributed by atoms with E-state index in [0.29, 0.717) is 36.0 Å². The smallest absolute Gasteiger partial charge is 0.187 e. The van der Waals surface area contributed by atoms with Gasteiger partial charge in [-0.15, -0.1) is 0 Å². The van der Waals surface area contributed by atoms with E-state index in [1.807, 2.05) is 0 Å². The second-order valence-electron chi connectivity index (χ2n) is 23.1. The SMILES string of the molecule is CO[C@@H]1O[C@H](C=C(C)C)C[C@H]1[C@@H]1CC[C@]2(C)[C@@H]3CC[C@H]4C(C)(C)[C@@H](O[C@@H]5O[C@H](CO[C@@H]6O[C@@H](C)[C@H](O)[C@@H](O)[C@H]6O)[C@@H](O)[C@H](O)[C@H]5O[C@@H]5O[C@@H](C)[C@H](O)[C@@H](O)[C@H]5O)CC[C@]4(C)[C@H]3CC[C@@]12C. The van der Waals surface area contributed by atoms with Gasteiger partial charge in [-0.25, -0.2) is 0 Å². The number of allylic oxidation sites excluding steroid dienone is 1. The van der Waals surface area contributed by atoms with E-state index in [1.165, 1.54) is 32.3 Å². The van der Waals surface area contributed by atoms with Crippen LogP contribution in [-0.4, -0.2) is 165 Å². The van der Waals surface area contributed by atoms with Crippen molar-refractivity contribution in [1.82, 2.24) is 0 Å². The molecule has 26 atom stereocenters. The summed E-state index contributed by atoms with van der Waals surface area (Å²) in [5.41, 5.74) is 1.26. The molecule has 65 heavy (non-hydrogen) atoms. The third kappa shape index (κ3) is 8.54. The summed E-state index contributed by atoms with van der Waals surface area (Å²) >= 11 is 0. The molecule has 0 radical (unpaired) electrons. The van der Waals surface area contributed by atoms with Gasteiger partial charge in [0.1, 0.15) is 61.0 Å². The van der Waals surface area contributed by atoms with Gasteiger partial charge in [0.15, 0.2) is 25.2 Å². The van der Waals surface area contributed by atoms with E-state index in [9.17, 15) is 40.9 Å². The van der Waals surface area contributed by atoms with Crippen molar-refractivity contribution >= 4 is 0 Å². The number of ether oxygens (including phenoxy) is 8. The van der Waals surface area contributed by atoms with Gasteiger partial charge in [0.05, 0.1) is 31.0 Å². The molecule has 0 unspecified atom stereocenters. The molecule has 16 heteroatoms. The fraction of sp³-hybridized carbons (Fsp3) is 0.959. The Kier molecular flexibility index (Phi) is 14.5. The average Bonchev–Trinajstić information content (AvgIpc) is 3.78. The molecular weight excluding hydrogens is 845 g/mol. The molecule has 0 amide bonds. The first-order valence-electron chi connectivity index (χ1n) is 24.6. The second-order valence-corrected chi connectivity index (χ2v) is 23.1. The fourth-order valence-corrected chi connectivity index (χ4v) is 15.3. The normalized spacial score (nSPS) is 55.5. The minimum atomic E-state index is -1.69. The molecule has 0 aromatic rings. The number of aliphatic hydroxyl groups is 8. The van der Waals surface area contributed by atoms with Crippen LogP contribution in [0.4, 0.5) is 0 Å². The third-order valence-electron chi connectivity index (χ3n) is 19.2. The van der Waals surface area contributed by atoms with Gasteiger partial charge in [0.2, 0.25) is 0 Å². The van der Waals surface area contributed by atoms with Crippen LogP contribution in [0.25, 0.3) is 0 Å². The van der Waals surface area contributed by atoms with Gasteiger partial charge in [-0.05, 0) is 131 Å². The maximum atomic E-state index is 11.8. The first-order valence-corrected chi connectivity index (χ1v) is 24.6. The van der Waals surface area contributed by atoms with Crippen molar-refractivity contribution in [2.45, 2.75) is 231 Å². The number of fused-ring (bicyclic) bond motifs is 5. The number of aliphatic hydroxyl groups excluding tert-OH is 8. The molecule has 8 N–H and O–H groups in total. The molecule has 374 valence electrons. The van der Waals surface area contributed by atoms with Gasteiger partial charge in [0.25, 0.3) is 0 Å². The Morgan fingerprint density at radius 1 is 0.585 bits per heavy atom. The van der Waals surface area contributed by atoms with Crippen LogP contribution in [0, 0.1) is 51.2 Å². The highest BCUT2D eigenvalue weighted by Gasteiger charge is 2.69. The number of hydrogen-bond donors (Lipinski definition) is 8. The minimum absolute atomic E-state index is 0.0352. The van der Waals surface area contributed by atoms with Crippen molar-refractivity contribution in [3.8, 4) is 0 Å². The van der Waals surface area contributed by atoms with Crippen molar-refractivity contribution in [1.29, 1.82) is 0 Å². The maximum Gasteiger partial charge on any atom is 0.187 e. The third-order valence-corrected chi connectivity index (χ3v) is 19.2. The first kappa shape index (κ1) is 50.5. The molecule has 8 rings (SSSR count). The van der Waals surface area contributed by atoms with Crippen LogP contribution >= 0.6 is 0 Å². The van der Waals surface area contributed by atoms with Gasteiger partial charge in [0, 0.05) is 13.0 Å². The minimum Gasteiger partial charge on any atom is -0.388 e. The Morgan fingerprint density at radius 2 is 1.18 bits per heavy atom. The summed E-state index contributed by atoms with van der Waals surface area (Å²) in [6.07, 6.45) is -9.90. The number of rotatable bonds is 10. The molecule has 16 nitrogen and oxygen atoms in total. The van der Waals surface area contributed by atoms with Crippen LogP contribution < -0.4 is 0 Å². The predicted molar refractivity (Wildman–Crippen MR) is 233 cm³/mol. The summed E-state index contributed by atoms with van der Waals surface area (Å²) in [6.45, 7) is 19.1. The molecule has 0 bridgehead atoms. The van der Waals surface area contributed by atoms with Crippen LogP contribution in [0.15, 0.2) is 11.6 Å². The molecule has 4 saturated carbocycles. The van der Waals surface area contributed by atoms with Crippen LogP contribution in [0.5, 0.6) is 0 Å². The molecule has 4 heterocycles. The van der Waals surface area contributed by atoms with Gasteiger partial charge in [-0.2, -0.15) is 0 Å². The van der Waals surface area contributed by atoms with E-state index in [0.717, 1.165) is 38.5 Å². The average molecular weight is 927 g/mol. The molecule has 4 aliphatic carbocycles. The van der Waals surface area contributed by atoms with Gasteiger partial charge < -0.3 is 78.7 Å². The molecule has 8 fully saturated rings. The fourth-order valence-electron chi connectivity index (χ4n) is 15.3. The second kappa shape index (κ2) is 18.7. The molecule has 0 spiro atoms. The highest BCUT2D eigenvalue weighted by molar-refractivity contribution is 5.18. The highest BCUT2D eigenvalue weighted by atomic mass is 16.8. The number of methoxy groups -OCH3 is 1. The molecular formula is C49H82O16. The van der Waals surface area contributed by atoms with Crippen LogP contribution in [0.1, 0.15) is 120 Å². The van der Waals surface area contributed by atoms with Crippen molar-refractivity contribution < 1.29 is 78.7 Å².